The molecule has 1 aromatic carbocycles. The lowest BCUT2D eigenvalue weighted by molar-refractivity contribution is -0.128. The molecule has 0 aromatic heterocycles. The molecule has 1 aromatic rings. The second-order valence-corrected chi connectivity index (χ2v) is 7.73. The van der Waals surface area contributed by atoms with Crippen molar-refractivity contribution >= 4 is 11.6 Å². The molecule has 0 amide bonds. The van der Waals surface area contributed by atoms with Crippen LogP contribution >= 0.6 is 0 Å². The molecule has 1 unspecified atom stereocenters. The van der Waals surface area contributed by atoms with Crippen LogP contribution in [0.2, 0.25) is 0 Å². The van der Waals surface area contributed by atoms with Gasteiger partial charge >= 0.3 is 0 Å². The number of carbonyl (C=O) groups is 2. The fourth-order valence-corrected chi connectivity index (χ4v) is 3.68. The summed E-state index contributed by atoms with van der Waals surface area (Å²) < 4.78 is 0. The number of benzene rings is 1. The van der Waals surface area contributed by atoms with Gasteiger partial charge in [-0.3, -0.25) is 9.59 Å². The van der Waals surface area contributed by atoms with Crippen LogP contribution in [0.15, 0.2) is 30.3 Å². The number of carbonyl (C=O) groups excluding carboxylic acids is 2. The van der Waals surface area contributed by atoms with Gasteiger partial charge in [0.25, 0.3) is 0 Å². The van der Waals surface area contributed by atoms with Gasteiger partial charge in [-0.2, -0.15) is 0 Å². The molecule has 4 nitrogen and oxygen atoms in total. The number of nitrogens with zero attached hydrogens (tertiary/aromatic N) is 1. The van der Waals surface area contributed by atoms with E-state index in [2.05, 4.69) is 4.90 Å². The van der Waals surface area contributed by atoms with Crippen molar-refractivity contribution in [2.75, 3.05) is 19.6 Å². The monoisotopic (exact) mass is 344 g/mol. The maximum Gasteiger partial charge on any atom is 0.153 e. The summed E-state index contributed by atoms with van der Waals surface area (Å²) in [6.45, 7) is 8.46. The number of hydrogen-bond acceptors (Lipinski definition) is 4. The van der Waals surface area contributed by atoms with Crippen molar-refractivity contribution < 1.29 is 9.59 Å². The van der Waals surface area contributed by atoms with Gasteiger partial charge in [-0.1, -0.05) is 51.1 Å². The lowest BCUT2D eigenvalue weighted by atomic mass is 9.86. The molecule has 1 fully saturated rings. The van der Waals surface area contributed by atoms with E-state index in [1.165, 1.54) is 0 Å². The van der Waals surface area contributed by atoms with E-state index in [-0.39, 0.29) is 23.5 Å². The number of likely N-dealkylation sites (tertiary alicyclic amines) is 1. The predicted octanol–water partition coefficient (Wildman–Crippen LogP) is 2.70. The van der Waals surface area contributed by atoms with Crippen molar-refractivity contribution in [3.63, 3.8) is 0 Å². The highest BCUT2D eigenvalue weighted by atomic mass is 16.1. The van der Waals surface area contributed by atoms with Gasteiger partial charge in [-0.05, 0) is 37.9 Å². The third kappa shape index (κ3) is 5.75. The summed E-state index contributed by atoms with van der Waals surface area (Å²) in [5.74, 6) is 0.754. The Balaban J connectivity index is 1.79. The highest BCUT2D eigenvalue weighted by Crippen LogP contribution is 2.22. The fourth-order valence-electron chi connectivity index (χ4n) is 3.68. The van der Waals surface area contributed by atoms with E-state index >= 15 is 0 Å². The average molecular weight is 344 g/mol. The fraction of sp³-hybridized carbons (Fsp3) is 0.619. The molecule has 25 heavy (non-hydrogen) atoms. The molecule has 4 heteroatoms. The van der Waals surface area contributed by atoms with E-state index < -0.39 is 6.04 Å². The van der Waals surface area contributed by atoms with Crippen LogP contribution in [0.5, 0.6) is 0 Å². The standard InChI is InChI=1S/C21H32N2O2/c1-15(2)20(24)18-9-11-23(12-10-18)14-16(3)21(25)19(22)13-17-7-5-4-6-8-17/h4-8,15-16,18-19H,9-14,22H2,1-3H3/t16?,19-/m0/s1. The molecule has 0 radical (unpaired) electrons. The summed E-state index contributed by atoms with van der Waals surface area (Å²) in [6.07, 6.45) is 2.41. The molecule has 0 saturated carbocycles. The Labute approximate surface area is 151 Å². The molecule has 2 rings (SSSR count). The normalized spacial score (nSPS) is 18.9. The molecule has 1 heterocycles. The average Bonchev–Trinajstić information content (AvgIpc) is 2.61. The lowest BCUT2D eigenvalue weighted by Gasteiger charge is -2.33. The van der Waals surface area contributed by atoms with E-state index in [9.17, 15) is 9.59 Å². The molecule has 1 saturated heterocycles. The summed E-state index contributed by atoms with van der Waals surface area (Å²) in [4.78, 5) is 27.0. The van der Waals surface area contributed by atoms with Gasteiger partial charge in [0.15, 0.2) is 5.78 Å². The van der Waals surface area contributed by atoms with Gasteiger partial charge in [0.2, 0.25) is 0 Å². The first-order chi connectivity index (χ1) is 11.9. The van der Waals surface area contributed by atoms with E-state index in [1.807, 2.05) is 51.1 Å². The van der Waals surface area contributed by atoms with Crippen LogP contribution in [-0.4, -0.2) is 42.1 Å². The molecule has 2 N–H and O–H groups in total. The molecule has 2 atom stereocenters. The molecule has 1 aliphatic heterocycles. The maximum atomic E-state index is 12.6. The third-order valence-electron chi connectivity index (χ3n) is 5.24. The minimum atomic E-state index is -0.447. The zero-order valence-electron chi connectivity index (χ0n) is 15.8. The minimum Gasteiger partial charge on any atom is -0.321 e. The van der Waals surface area contributed by atoms with Gasteiger partial charge in [0.1, 0.15) is 5.78 Å². The van der Waals surface area contributed by atoms with Crippen molar-refractivity contribution in [2.24, 2.45) is 23.5 Å². The third-order valence-corrected chi connectivity index (χ3v) is 5.24. The molecule has 0 spiro atoms. The summed E-state index contributed by atoms with van der Waals surface area (Å²) in [7, 11) is 0. The second kappa shape index (κ2) is 9.25. The van der Waals surface area contributed by atoms with Gasteiger partial charge in [0.05, 0.1) is 6.04 Å². The van der Waals surface area contributed by atoms with Crippen LogP contribution in [0.4, 0.5) is 0 Å². The van der Waals surface area contributed by atoms with E-state index in [0.29, 0.717) is 12.2 Å². The summed E-state index contributed by atoms with van der Waals surface area (Å²) >= 11 is 0. The first-order valence-corrected chi connectivity index (χ1v) is 9.47. The summed E-state index contributed by atoms with van der Waals surface area (Å²) in [5.41, 5.74) is 7.24. The first-order valence-electron chi connectivity index (χ1n) is 9.47. The predicted molar refractivity (Wildman–Crippen MR) is 101 cm³/mol. The van der Waals surface area contributed by atoms with Crippen LogP contribution in [0.1, 0.15) is 39.2 Å². The number of piperidine rings is 1. The maximum absolute atomic E-state index is 12.6. The quantitative estimate of drug-likeness (QED) is 0.787. The Morgan fingerprint density at radius 1 is 1.12 bits per heavy atom. The molecular weight excluding hydrogens is 312 g/mol. The Morgan fingerprint density at radius 3 is 2.28 bits per heavy atom. The van der Waals surface area contributed by atoms with Gasteiger partial charge in [-0.25, -0.2) is 0 Å². The number of hydrogen-bond donors (Lipinski definition) is 1. The van der Waals surface area contributed by atoms with Crippen LogP contribution in [0.3, 0.4) is 0 Å². The van der Waals surface area contributed by atoms with Gasteiger partial charge in [0, 0.05) is 24.3 Å². The van der Waals surface area contributed by atoms with Crippen LogP contribution in [0.25, 0.3) is 0 Å². The largest absolute Gasteiger partial charge is 0.321 e. The Bertz CT molecular complexity index is 563. The van der Waals surface area contributed by atoms with E-state index in [0.717, 1.165) is 38.0 Å². The molecule has 0 aliphatic carbocycles. The van der Waals surface area contributed by atoms with Crippen molar-refractivity contribution in [1.29, 1.82) is 0 Å². The molecular formula is C21H32N2O2. The Hall–Kier alpha value is -1.52. The topological polar surface area (TPSA) is 63.4 Å². The van der Waals surface area contributed by atoms with Crippen LogP contribution in [-0.2, 0) is 16.0 Å². The van der Waals surface area contributed by atoms with E-state index in [1.54, 1.807) is 0 Å². The zero-order chi connectivity index (χ0) is 18.4. The number of Topliss-reactive ketones (excluding diaryl/α,β-unsaturated/α-hetero) is 2. The molecule has 0 bridgehead atoms. The molecule has 138 valence electrons. The SMILES string of the molecule is CC(C)C(=O)C1CCN(CC(C)C(=O)[C@@H](N)Cc2ccccc2)CC1. The van der Waals surface area contributed by atoms with E-state index in [4.69, 9.17) is 5.73 Å². The molecule has 1 aliphatic rings. The first kappa shape index (κ1) is 19.8. The number of nitrogens with two attached hydrogens (primary N) is 1. The summed E-state index contributed by atoms with van der Waals surface area (Å²) in [6, 6.07) is 9.48. The Morgan fingerprint density at radius 2 is 1.72 bits per heavy atom. The van der Waals surface area contributed by atoms with Crippen LogP contribution < -0.4 is 5.73 Å². The van der Waals surface area contributed by atoms with Crippen LogP contribution in [0, 0.1) is 17.8 Å². The van der Waals surface area contributed by atoms with Crippen molar-refractivity contribution in [3.8, 4) is 0 Å². The second-order valence-electron chi connectivity index (χ2n) is 7.73. The van der Waals surface area contributed by atoms with Gasteiger partial charge in [-0.15, -0.1) is 0 Å². The van der Waals surface area contributed by atoms with Crippen molar-refractivity contribution in [3.05, 3.63) is 35.9 Å². The van der Waals surface area contributed by atoms with Crippen molar-refractivity contribution in [2.45, 2.75) is 46.1 Å². The minimum absolute atomic E-state index is 0.0731. The number of rotatable bonds is 8. The Kier molecular flexibility index (Phi) is 7.33. The summed E-state index contributed by atoms with van der Waals surface area (Å²) in [5, 5.41) is 0. The highest BCUT2D eigenvalue weighted by Gasteiger charge is 2.29. The number of ketones is 2. The van der Waals surface area contributed by atoms with Crippen molar-refractivity contribution in [1.82, 2.24) is 4.90 Å². The lowest BCUT2D eigenvalue weighted by Crippen LogP contribution is -2.44. The van der Waals surface area contributed by atoms with Gasteiger partial charge < -0.3 is 10.6 Å². The zero-order valence-corrected chi connectivity index (χ0v) is 15.8. The smallest absolute Gasteiger partial charge is 0.153 e. The highest BCUT2D eigenvalue weighted by molar-refractivity contribution is 5.86.